The van der Waals surface area contributed by atoms with Crippen LogP contribution in [0.1, 0.15) is 16.7 Å². The number of oxime groups is 1. The van der Waals surface area contributed by atoms with Crippen molar-refractivity contribution < 1.29 is 14.3 Å². The number of ether oxygens (including phenoxy) is 2. The molecule has 0 aliphatic heterocycles. The van der Waals surface area contributed by atoms with Crippen LogP contribution in [0.4, 0.5) is 0 Å². The highest BCUT2D eigenvalue weighted by molar-refractivity contribution is 5.99. The number of nitrogens with two attached hydrogens (primary N) is 1. The van der Waals surface area contributed by atoms with E-state index in [0.717, 1.165) is 5.56 Å². The zero-order valence-corrected chi connectivity index (χ0v) is 15.8. The highest BCUT2D eigenvalue weighted by atomic mass is 16.6. The van der Waals surface area contributed by atoms with E-state index in [-0.39, 0.29) is 12.4 Å². The molecular formula is C23H21N3O3. The van der Waals surface area contributed by atoms with E-state index in [1.54, 1.807) is 24.3 Å². The molecule has 2 N–H and O–H groups in total. The molecule has 3 aromatic carbocycles. The van der Waals surface area contributed by atoms with E-state index in [9.17, 15) is 0 Å². The second kappa shape index (κ2) is 10.4. The number of benzene rings is 3. The minimum atomic E-state index is 0.229. The molecule has 0 radical (unpaired) electrons. The highest BCUT2D eigenvalue weighted by Gasteiger charge is 2.08. The maximum atomic E-state index is 8.79. The molecule has 0 heterocycles. The molecule has 0 unspecified atom stereocenters. The molecule has 3 aromatic rings. The third-order valence-corrected chi connectivity index (χ3v) is 3.99. The Bertz CT molecular complexity index is 980. The van der Waals surface area contributed by atoms with Crippen molar-refractivity contribution in [3.63, 3.8) is 0 Å². The molecule has 6 heteroatoms. The van der Waals surface area contributed by atoms with Gasteiger partial charge in [0.05, 0.1) is 17.2 Å². The van der Waals surface area contributed by atoms with E-state index in [1.807, 2.05) is 54.6 Å². The summed E-state index contributed by atoms with van der Waals surface area (Å²) in [5.74, 6) is 1.52. The summed E-state index contributed by atoms with van der Waals surface area (Å²) in [6, 6.07) is 26.2. The first-order chi connectivity index (χ1) is 14.3. The fourth-order valence-electron chi connectivity index (χ4n) is 2.53. The smallest absolute Gasteiger partial charge is 0.174 e. The maximum absolute atomic E-state index is 8.79. The van der Waals surface area contributed by atoms with Gasteiger partial charge >= 0.3 is 0 Å². The summed E-state index contributed by atoms with van der Waals surface area (Å²) in [5, 5.41) is 12.7. The Morgan fingerprint density at radius 1 is 0.862 bits per heavy atom. The van der Waals surface area contributed by atoms with Crippen molar-refractivity contribution in [1.29, 1.82) is 5.26 Å². The quantitative estimate of drug-likeness (QED) is 0.261. The van der Waals surface area contributed by atoms with Crippen LogP contribution in [0, 0.1) is 11.3 Å². The van der Waals surface area contributed by atoms with Gasteiger partial charge in [-0.05, 0) is 42.0 Å². The molecule has 0 aromatic heterocycles. The molecule has 29 heavy (non-hydrogen) atoms. The number of rotatable bonds is 9. The van der Waals surface area contributed by atoms with Crippen molar-refractivity contribution in [3.05, 3.63) is 95.6 Å². The second-order valence-electron chi connectivity index (χ2n) is 6.06. The lowest BCUT2D eigenvalue weighted by molar-refractivity contribution is 0.107. The van der Waals surface area contributed by atoms with Gasteiger partial charge in [-0.25, -0.2) is 0 Å². The predicted octanol–water partition coefficient (Wildman–Crippen LogP) is 3.85. The van der Waals surface area contributed by atoms with Crippen LogP contribution in [0.2, 0.25) is 0 Å². The monoisotopic (exact) mass is 387 g/mol. The SMILES string of the molecule is N#Cc1ccc(OCCON=C(N)c2ccccc2OCc2ccccc2)cc1. The van der Waals surface area contributed by atoms with E-state index in [1.165, 1.54) is 0 Å². The summed E-state index contributed by atoms with van der Waals surface area (Å²) in [6.07, 6.45) is 0. The van der Waals surface area contributed by atoms with Crippen LogP contribution >= 0.6 is 0 Å². The average molecular weight is 387 g/mol. The van der Waals surface area contributed by atoms with Crippen LogP contribution in [0.5, 0.6) is 11.5 Å². The van der Waals surface area contributed by atoms with Crippen molar-refractivity contribution >= 4 is 5.84 Å². The third kappa shape index (κ3) is 6.01. The Hall–Kier alpha value is -3.98. The van der Waals surface area contributed by atoms with E-state index in [0.29, 0.717) is 35.8 Å². The summed E-state index contributed by atoms with van der Waals surface area (Å²) < 4.78 is 11.4. The highest BCUT2D eigenvalue weighted by Crippen LogP contribution is 2.19. The zero-order valence-electron chi connectivity index (χ0n) is 15.8. The van der Waals surface area contributed by atoms with Gasteiger partial charge in [0.15, 0.2) is 12.4 Å². The lowest BCUT2D eigenvalue weighted by Crippen LogP contribution is -2.16. The zero-order chi connectivity index (χ0) is 20.3. The largest absolute Gasteiger partial charge is 0.490 e. The van der Waals surface area contributed by atoms with Crippen molar-refractivity contribution in [2.24, 2.45) is 10.9 Å². The fraction of sp³-hybridized carbons (Fsp3) is 0.130. The molecule has 0 fully saturated rings. The van der Waals surface area contributed by atoms with Crippen LogP contribution in [-0.2, 0) is 11.4 Å². The van der Waals surface area contributed by atoms with Crippen molar-refractivity contribution in [3.8, 4) is 17.6 Å². The lowest BCUT2D eigenvalue weighted by atomic mass is 10.2. The standard InChI is InChI=1S/C23H21N3O3/c24-16-18-10-12-20(13-11-18)27-14-15-29-26-23(25)21-8-4-5-9-22(21)28-17-19-6-2-1-3-7-19/h1-13H,14-15,17H2,(H2,25,26). The average Bonchev–Trinajstić information content (AvgIpc) is 2.78. The Labute approximate surface area is 169 Å². The summed E-state index contributed by atoms with van der Waals surface area (Å²) >= 11 is 0. The van der Waals surface area contributed by atoms with E-state index < -0.39 is 0 Å². The number of hydrogen-bond donors (Lipinski definition) is 1. The summed E-state index contributed by atoms with van der Waals surface area (Å²) in [7, 11) is 0. The molecule has 0 aliphatic rings. The summed E-state index contributed by atoms with van der Waals surface area (Å²) in [4.78, 5) is 5.26. The van der Waals surface area contributed by atoms with Gasteiger partial charge in [-0.1, -0.05) is 47.6 Å². The third-order valence-electron chi connectivity index (χ3n) is 3.99. The van der Waals surface area contributed by atoms with Crippen LogP contribution in [-0.4, -0.2) is 19.0 Å². The molecule has 146 valence electrons. The Balaban J connectivity index is 1.50. The summed E-state index contributed by atoms with van der Waals surface area (Å²) in [6.45, 7) is 0.965. The van der Waals surface area contributed by atoms with Crippen LogP contribution in [0.15, 0.2) is 84.0 Å². The molecular weight excluding hydrogens is 366 g/mol. The minimum Gasteiger partial charge on any atom is -0.490 e. The molecule has 0 bridgehead atoms. The predicted molar refractivity (Wildman–Crippen MR) is 111 cm³/mol. The fourth-order valence-corrected chi connectivity index (χ4v) is 2.53. The molecule has 0 aliphatic carbocycles. The maximum Gasteiger partial charge on any atom is 0.174 e. The molecule has 6 nitrogen and oxygen atoms in total. The topological polar surface area (TPSA) is 89.9 Å². The van der Waals surface area contributed by atoms with Crippen LogP contribution in [0.25, 0.3) is 0 Å². The minimum absolute atomic E-state index is 0.229. The van der Waals surface area contributed by atoms with Gasteiger partial charge in [0.1, 0.15) is 24.7 Å². The van der Waals surface area contributed by atoms with Crippen LogP contribution < -0.4 is 15.2 Å². The number of nitrogens with zero attached hydrogens (tertiary/aromatic N) is 2. The van der Waals surface area contributed by atoms with Gasteiger partial charge in [-0.2, -0.15) is 5.26 Å². The van der Waals surface area contributed by atoms with Crippen molar-refractivity contribution in [2.45, 2.75) is 6.61 Å². The van der Waals surface area contributed by atoms with E-state index in [4.69, 9.17) is 25.3 Å². The Kier molecular flexibility index (Phi) is 7.08. The molecule has 0 amide bonds. The van der Waals surface area contributed by atoms with Crippen molar-refractivity contribution in [1.82, 2.24) is 0 Å². The first kappa shape index (κ1) is 19.8. The summed E-state index contributed by atoms with van der Waals surface area (Å²) in [5.41, 5.74) is 8.37. The van der Waals surface area contributed by atoms with Gasteiger partial charge in [0.25, 0.3) is 0 Å². The molecule has 0 spiro atoms. The number of nitriles is 1. The number of para-hydroxylation sites is 1. The lowest BCUT2D eigenvalue weighted by Gasteiger charge is -2.11. The first-order valence-electron chi connectivity index (χ1n) is 9.11. The van der Waals surface area contributed by atoms with Gasteiger partial charge in [-0.15, -0.1) is 0 Å². The van der Waals surface area contributed by atoms with Crippen LogP contribution in [0.3, 0.4) is 0 Å². The van der Waals surface area contributed by atoms with Gasteiger partial charge in [0.2, 0.25) is 0 Å². The van der Waals surface area contributed by atoms with Gasteiger partial charge in [-0.3, -0.25) is 0 Å². The van der Waals surface area contributed by atoms with E-state index >= 15 is 0 Å². The normalized spacial score (nSPS) is 10.8. The second-order valence-corrected chi connectivity index (χ2v) is 6.06. The Morgan fingerprint density at radius 2 is 1.59 bits per heavy atom. The first-order valence-corrected chi connectivity index (χ1v) is 9.11. The molecule has 0 saturated heterocycles. The molecule has 0 saturated carbocycles. The Morgan fingerprint density at radius 3 is 2.34 bits per heavy atom. The van der Waals surface area contributed by atoms with E-state index in [2.05, 4.69) is 11.2 Å². The molecule has 0 atom stereocenters. The van der Waals surface area contributed by atoms with Gasteiger partial charge < -0.3 is 20.0 Å². The van der Waals surface area contributed by atoms with Crippen molar-refractivity contribution in [2.75, 3.05) is 13.2 Å². The molecule has 3 rings (SSSR count). The number of hydrogen-bond acceptors (Lipinski definition) is 5. The van der Waals surface area contributed by atoms with Gasteiger partial charge in [0, 0.05) is 0 Å². The number of amidine groups is 1.